The zero-order chi connectivity index (χ0) is 13.9. The molecule has 0 aliphatic carbocycles. The Morgan fingerprint density at radius 2 is 2.06 bits per heavy atom. The molecule has 1 rings (SSSR count). The van der Waals surface area contributed by atoms with E-state index < -0.39 is 9.84 Å². The summed E-state index contributed by atoms with van der Waals surface area (Å²) in [5.74, 6) is -0.223. The molecule has 6 heteroatoms. The molecule has 0 aliphatic heterocycles. The van der Waals surface area contributed by atoms with Gasteiger partial charge in [-0.3, -0.25) is 4.79 Å². The van der Waals surface area contributed by atoms with E-state index in [1.54, 1.807) is 19.9 Å². The molecule has 0 saturated heterocycles. The predicted molar refractivity (Wildman–Crippen MR) is 71.2 cm³/mol. The maximum absolute atomic E-state index is 11.6. The summed E-state index contributed by atoms with van der Waals surface area (Å²) in [4.78, 5) is 11.8. The topological polar surface area (TPSA) is 89.3 Å². The van der Waals surface area contributed by atoms with Crippen molar-refractivity contribution >= 4 is 21.4 Å². The molecule has 0 bridgehead atoms. The van der Waals surface area contributed by atoms with Gasteiger partial charge in [0.05, 0.1) is 4.90 Å². The third kappa shape index (κ3) is 4.12. The number of anilines is 1. The molecule has 0 radical (unpaired) electrons. The summed E-state index contributed by atoms with van der Waals surface area (Å²) in [7, 11) is -3.28. The van der Waals surface area contributed by atoms with Crippen LogP contribution in [0.5, 0.6) is 0 Å². The Kier molecular flexibility index (Phi) is 4.48. The molecule has 3 N–H and O–H groups in total. The summed E-state index contributed by atoms with van der Waals surface area (Å²) in [6.45, 7) is 3.53. The van der Waals surface area contributed by atoms with Gasteiger partial charge in [-0.05, 0) is 31.5 Å². The summed E-state index contributed by atoms with van der Waals surface area (Å²) in [6, 6.07) is 4.41. The van der Waals surface area contributed by atoms with Crippen molar-refractivity contribution in [3.05, 3.63) is 23.8 Å². The zero-order valence-corrected chi connectivity index (χ0v) is 11.5. The average molecular weight is 270 g/mol. The van der Waals surface area contributed by atoms with Crippen LogP contribution in [0.4, 0.5) is 5.69 Å². The lowest BCUT2D eigenvalue weighted by molar-refractivity contribution is -0.116. The van der Waals surface area contributed by atoms with Crippen LogP contribution >= 0.6 is 0 Å². The van der Waals surface area contributed by atoms with Gasteiger partial charge in [0.1, 0.15) is 0 Å². The third-order valence-corrected chi connectivity index (χ3v) is 3.53. The number of aryl methyl sites for hydroxylation is 1. The highest BCUT2D eigenvalue weighted by Gasteiger charge is 2.12. The molecule has 0 fully saturated rings. The number of sulfone groups is 1. The fourth-order valence-electron chi connectivity index (χ4n) is 1.46. The minimum atomic E-state index is -3.28. The normalized spacial score (nSPS) is 13.1. The summed E-state index contributed by atoms with van der Waals surface area (Å²) in [6.07, 6.45) is 1.33. The number of carbonyl (C=O) groups excluding carboxylic acids is 1. The van der Waals surface area contributed by atoms with Crippen molar-refractivity contribution in [2.45, 2.75) is 31.2 Å². The first-order valence-corrected chi connectivity index (χ1v) is 7.45. The van der Waals surface area contributed by atoms with E-state index in [1.807, 2.05) is 0 Å². The number of nitrogens with two attached hydrogens (primary N) is 1. The maximum atomic E-state index is 11.6. The number of benzene rings is 1. The van der Waals surface area contributed by atoms with Crippen LogP contribution in [0.2, 0.25) is 0 Å². The zero-order valence-electron chi connectivity index (χ0n) is 10.7. The van der Waals surface area contributed by atoms with Gasteiger partial charge in [-0.2, -0.15) is 0 Å². The minimum absolute atomic E-state index is 0.184. The highest BCUT2D eigenvalue weighted by molar-refractivity contribution is 7.90. The summed E-state index contributed by atoms with van der Waals surface area (Å²) in [5.41, 5.74) is 6.84. The van der Waals surface area contributed by atoms with E-state index in [4.69, 9.17) is 5.73 Å². The maximum Gasteiger partial charge on any atom is 0.225 e. The number of carbonyl (C=O) groups is 1. The van der Waals surface area contributed by atoms with Crippen molar-refractivity contribution in [2.24, 2.45) is 5.73 Å². The SMILES string of the molecule is Cc1ccc(S(C)(=O)=O)cc1NC(=O)CC(C)N. The van der Waals surface area contributed by atoms with Gasteiger partial charge in [-0.1, -0.05) is 6.07 Å². The highest BCUT2D eigenvalue weighted by Crippen LogP contribution is 2.20. The molecule has 18 heavy (non-hydrogen) atoms. The van der Waals surface area contributed by atoms with Crippen molar-refractivity contribution in [1.82, 2.24) is 0 Å². The first-order chi connectivity index (χ1) is 8.20. The Bertz CT molecular complexity index is 550. The van der Waals surface area contributed by atoms with Crippen molar-refractivity contribution < 1.29 is 13.2 Å². The number of amides is 1. The minimum Gasteiger partial charge on any atom is -0.327 e. The molecule has 0 aromatic heterocycles. The van der Waals surface area contributed by atoms with Crippen molar-refractivity contribution in [3.63, 3.8) is 0 Å². The molecule has 1 atom stereocenters. The molecule has 5 nitrogen and oxygen atoms in total. The van der Waals surface area contributed by atoms with E-state index in [0.717, 1.165) is 11.8 Å². The van der Waals surface area contributed by atoms with Crippen molar-refractivity contribution in [3.8, 4) is 0 Å². The number of nitrogens with one attached hydrogen (secondary N) is 1. The van der Waals surface area contributed by atoms with Crippen molar-refractivity contribution in [1.29, 1.82) is 0 Å². The van der Waals surface area contributed by atoms with Gasteiger partial charge in [0.25, 0.3) is 0 Å². The second-order valence-electron chi connectivity index (χ2n) is 4.48. The highest BCUT2D eigenvalue weighted by atomic mass is 32.2. The van der Waals surface area contributed by atoms with E-state index in [0.29, 0.717) is 5.69 Å². The molecule has 1 aromatic carbocycles. The van der Waals surface area contributed by atoms with Crippen LogP contribution in [0.15, 0.2) is 23.1 Å². The number of hydrogen-bond donors (Lipinski definition) is 2. The third-order valence-electron chi connectivity index (χ3n) is 2.42. The van der Waals surface area contributed by atoms with E-state index in [9.17, 15) is 13.2 Å². The number of rotatable bonds is 4. The van der Waals surface area contributed by atoms with Crippen LogP contribution in [0.1, 0.15) is 18.9 Å². The molecular formula is C12H18N2O3S. The Hall–Kier alpha value is -1.40. The van der Waals surface area contributed by atoms with Crippen LogP contribution in [0.25, 0.3) is 0 Å². The molecule has 0 aliphatic rings. The van der Waals surface area contributed by atoms with E-state index >= 15 is 0 Å². The molecular weight excluding hydrogens is 252 g/mol. The quantitative estimate of drug-likeness (QED) is 0.856. The van der Waals surface area contributed by atoms with E-state index in [2.05, 4.69) is 5.32 Å². The Labute approximate surface area is 107 Å². The van der Waals surface area contributed by atoms with Gasteiger partial charge in [0.2, 0.25) is 5.91 Å². The Morgan fingerprint density at radius 3 is 2.56 bits per heavy atom. The van der Waals surface area contributed by atoms with Crippen LogP contribution in [-0.2, 0) is 14.6 Å². The average Bonchev–Trinajstić information content (AvgIpc) is 2.18. The predicted octanol–water partition coefficient (Wildman–Crippen LogP) is 1.07. The molecule has 0 heterocycles. The first kappa shape index (κ1) is 14.7. The first-order valence-electron chi connectivity index (χ1n) is 5.56. The van der Waals surface area contributed by atoms with Crippen LogP contribution in [0.3, 0.4) is 0 Å². The molecule has 1 aromatic rings. The van der Waals surface area contributed by atoms with Crippen LogP contribution in [0, 0.1) is 6.92 Å². The Balaban J connectivity index is 2.99. The van der Waals surface area contributed by atoms with Gasteiger partial charge < -0.3 is 11.1 Å². The number of hydrogen-bond acceptors (Lipinski definition) is 4. The molecule has 0 spiro atoms. The lowest BCUT2D eigenvalue weighted by Gasteiger charge is -2.11. The van der Waals surface area contributed by atoms with Crippen LogP contribution in [-0.4, -0.2) is 26.6 Å². The fourth-order valence-corrected chi connectivity index (χ4v) is 2.11. The summed E-state index contributed by atoms with van der Waals surface area (Å²) >= 11 is 0. The van der Waals surface area contributed by atoms with Crippen molar-refractivity contribution in [2.75, 3.05) is 11.6 Å². The second kappa shape index (κ2) is 5.49. The lowest BCUT2D eigenvalue weighted by Crippen LogP contribution is -2.24. The second-order valence-corrected chi connectivity index (χ2v) is 6.49. The molecule has 1 unspecified atom stereocenters. The molecule has 1 amide bonds. The summed E-state index contributed by atoms with van der Waals surface area (Å²) < 4.78 is 22.9. The van der Waals surface area contributed by atoms with Crippen LogP contribution < -0.4 is 11.1 Å². The molecule has 0 saturated carbocycles. The van der Waals surface area contributed by atoms with Gasteiger partial charge in [-0.25, -0.2) is 8.42 Å². The molecule has 100 valence electrons. The lowest BCUT2D eigenvalue weighted by atomic mass is 10.2. The van der Waals surface area contributed by atoms with Gasteiger partial charge >= 0.3 is 0 Å². The standard InChI is InChI=1S/C12H18N2O3S/c1-8-4-5-10(18(3,16)17)7-11(8)14-12(15)6-9(2)13/h4-5,7,9H,6,13H2,1-3H3,(H,14,15). The smallest absolute Gasteiger partial charge is 0.225 e. The van der Waals surface area contributed by atoms with E-state index in [-0.39, 0.29) is 23.3 Å². The van der Waals surface area contributed by atoms with Gasteiger partial charge in [-0.15, -0.1) is 0 Å². The monoisotopic (exact) mass is 270 g/mol. The Morgan fingerprint density at radius 1 is 1.44 bits per heavy atom. The largest absolute Gasteiger partial charge is 0.327 e. The van der Waals surface area contributed by atoms with E-state index in [1.165, 1.54) is 12.1 Å². The van der Waals surface area contributed by atoms with Gasteiger partial charge in [0, 0.05) is 24.4 Å². The summed E-state index contributed by atoms with van der Waals surface area (Å²) in [5, 5.41) is 2.67. The fraction of sp³-hybridized carbons (Fsp3) is 0.417. The van der Waals surface area contributed by atoms with Gasteiger partial charge in [0.15, 0.2) is 9.84 Å².